The number of amides is 4. The third-order valence-electron chi connectivity index (χ3n) is 4.85. The summed E-state index contributed by atoms with van der Waals surface area (Å²) in [7, 11) is 0. The fraction of sp³-hybridized carbons (Fsp3) is 0.200. The van der Waals surface area contributed by atoms with E-state index in [1.54, 1.807) is 48.5 Å². The first-order valence-electron chi connectivity index (χ1n) is 8.41. The van der Waals surface area contributed by atoms with E-state index in [0.29, 0.717) is 11.1 Å². The molecule has 0 N–H and O–H groups in total. The average molecular weight is 348 g/mol. The van der Waals surface area contributed by atoms with Gasteiger partial charge < -0.3 is 0 Å². The summed E-state index contributed by atoms with van der Waals surface area (Å²) in [4.78, 5) is 51.0. The van der Waals surface area contributed by atoms with Gasteiger partial charge in [-0.3, -0.25) is 19.2 Å². The molecule has 0 saturated carbocycles. The monoisotopic (exact) mass is 348 g/mol. The highest BCUT2D eigenvalue weighted by Gasteiger charge is 2.51. The number of hydrogen-bond acceptors (Lipinski definition) is 4. The molecule has 0 spiro atoms. The van der Waals surface area contributed by atoms with Gasteiger partial charge in [0, 0.05) is 12.8 Å². The first kappa shape index (κ1) is 16.2. The van der Waals surface area contributed by atoms with E-state index in [1.807, 2.05) is 12.1 Å². The lowest BCUT2D eigenvalue weighted by Crippen LogP contribution is -2.64. The number of hydrazine groups is 1. The second kappa shape index (κ2) is 6.22. The Morgan fingerprint density at radius 2 is 0.923 bits per heavy atom. The maximum Gasteiger partial charge on any atom is 0.256 e. The SMILES string of the molecule is O=C1C[C@H](c2ccccc2)C(=O)N2C(=O)C[C@@H](c3ccccc3)C(=O)N12. The average Bonchev–Trinajstić information content (AvgIpc) is 2.67. The van der Waals surface area contributed by atoms with Crippen LogP contribution in [0.1, 0.15) is 35.8 Å². The Bertz CT molecular complexity index is 819. The summed E-state index contributed by atoms with van der Waals surface area (Å²) in [5, 5.41) is 1.48. The maximum absolute atomic E-state index is 12.9. The van der Waals surface area contributed by atoms with E-state index < -0.39 is 35.5 Å². The Labute approximate surface area is 150 Å². The van der Waals surface area contributed by atoms with Crippen molar-refractivity contribution in [2.24, 2.45) is 0 Å². The molecule has 6 nitrogen and oxygen atoms in total. The molecule has 2 fully saturated rings. The molecule has 0 radical (unpaired) electrons. The number of fused-ring (bicyclic) bond motifs is 1. The standard InChI is InChI=1S/C20H16N2O4/c23-17-11-15(13-7-3-1-4-8-13)19(25)21-18(24)12-16(20(26)22(17)21)14-9-5-2-6-10-14/h1-10,15-16H,11-12H2/t15-,16+. The smallest absolute Gasteiger partial charge is 0.256 e. The van der Waals surface area contributed by atoms with Crippen LogP contribution in [-0.4, -0.2) is 33.6 Å². The highest BCUT2D eigenvalue weighted by Crippen LogP contribution is 2.36. The van der Waals surface area contributed by atoms with Crippen molar-refractivity contribution in [3.8, 4) is 0 Å². The molecule has 2 aliphatic rings. The van der Waals surface area contributed by atoms with Crippen LogP contribution in [0.3, 0.4) is 0 Å². The summed E-state index contributed by atoms with van der Waals surface area (Å²) < 4.78 is 0. The van der Waals surface area contributed by atoms with Crippen LogP contribution in [0, 0.1) is 0 Å². The molecule has 2 aliphatic heterocycles. The first-order chi connectivity index (χ1) is 12.6. The predicted molar refractivity (Wildman–Crippen MR) is 91.3 cm³/mol. The van der Waals surface area contributed by atoms with Crippen molar-refractivity contribution in [1.29, 1.82) is 0 Å². The fourth-order valence-corrected chi connectivity index (χ4v) is 3.55. The van der Waals surface area contributed by atoms with Crippen LogP contribution in [-0.2, 0) is 19.2 Å². The third-order valence-corrected chi connectivity index (χ3v) is 4.85. The summed E-state index contributed by atoms with van der Waals surface area (Å²) in [6, 6.07) is 17.7. The van der Waals surface area contributed by atoms with Gasteiger partial charge in [0.2, 0.25) is 11.8 Å². The zero-order chi connectivity index (χ0) is 18.3. The normalized spacial score (nSPS) is 23.2. The van der Waals surface area contributed by atoms with Gasteiger partial charge in [-0.15, -0.1) is 0 Å². The van der Waals surface area contributed by atoms with Crippen LogP contribution < -0.4 is 0 Å². The van der Waals surface area contributed by atoms with Crippen LogP contribution in [0.5, 0.6) is 0 Å². The minimum atomic E-state index is -0.745. The van der Waals surface area contributed by atoms with Crippen molar-refractivity contribution in [2.75, 3.05) is 0 Å². The van der Waals surface area contributed by atoms with Crippen LogP contribution >= 0.6 is 0 Å². The zero-order valence-electron chi connectivity index (χ0n) is 13.9. The van der Waals surface area contributed by atoms with Crippen LogP contribution in [0.4, 0.5) is 0 Å². The quantitative estimate of drug-likeness (QED) is 0.778. The zero-order valence-corrected chi connectivity index (χ0v) is 13.9. The van der Waals surface area contributed by atoms with E-state index in [4.69, 9.17) is 0 Å². The van der Waals surface area contributed by atoms with E-state index in [-0.39, 0.29) is 12.8 Å². The Morgan fingerprint density at radius 3 is 1.27 bits per heavy atom. The number of nitrogens with zero attached hydrogens (tertiary/aromatic N) is 2. The van der Waals surface area contributed by atoms with Gasteiger partial charge in [-0.1, -0.05) is 60.7 Å². The van der Waals surface area contributed by atoms with Crippen molar-refractivity contribution in [3.05, 3.63) is 71.8 Å². The number of carbonyl (C=O) groups is 4. The van der Waals surface area contributed by atoms with E-state index in [0.717, 1.165) is 10.0 Å². The van der Waals surface area contributed by atoms with Crippen molar-refractivity contribution < 1.29 is 19.2 Å². The van der Waals surface area contributed by atoms with Crippen molar-refractivity contribution >= 4 is 23.6 Å². The van der Waals surface area contributed by atoms with Crippen molar-refractivity contribution in [3.63, 3.8) is 0 Å². The number of benzene rings is 2. The van der Waals surface area contributed by atoms with E-state index in [1.165, 1.54) is 0 Å². The van der Waals surface area contributed by atoms with Gasteiger partial charge in [0.25, 0.3) is 11.8 Å². The molecule has 0 aromatic heterocycles. The predicted octanol–water partition coefficient (Wildman–Crippen LogP) is 1.99. The topological polar surface area (TPSA) is 74.8 Å². The molecule has 4 rings (SSSR count). The number of rotatable bonds is 2. The van der Waals surface area contributed by atoms with Gasteiger partial charge in [-0.05, 0) is 11.1 Å². The molecule has 2 saturated heterocycles. The molecule has 2 aromatic rings. The first-order valence-corrected chi connectivity index (χ1v) is 8.41. The van der Waals surface area contributed by atoms with Crippen molar-refractivity contribution in [2.45, 2.75) is 24.7 Å². The minimum absolute atomic E-state index is 0.125. The van der Waals surface area contributed by atoms with Crippen LogP contribution in [0.25, 0.3) is 0 Å². The van der Waals surface area contributed by atoms with E-state index in [2.05, 4.69) is 0 Å². The van der Waals surface area contributed by atoms with Gasteiger partial charge in [0.05, 0.1) is 11.8 Å². The second-order valence-corrected chi connectivity index (χ2v) is 6.42. The maximum atomic E-state index is 12.9. The van der Waals surface area contributed by atoms with Gasteiger partial charge in [-0.2, -0.15) is 10.0 Å². The van der Waals surface area contributed by atoms with Crippen molar-refractivity contribution in [1.82, 2.24) is 10.0 Å². The molecule has 4 amide bonds. The molecule has 0 bridgehead atoms. The lowest BCUT2D eigenvalue weighted by Gasteiger charge is -2.43. The van der Waals surface area contributed by atoms with Gasteiger partial charge >= 0.3 is 0 Å². The Morgan fingerprint density at radius 1 is 0.577 bits per heavy atom. The van der Waals surface area contributed by atoms with Gasteiger partial charge in [0.15, 0.2) is 0 Å². The second-order valence-electron chi connectivity index (χ2n) is 6.42. The molecule has 2 atom stereocenters. The molecule has 130 valence electrons. The Hall–Kier alpha value is -3.28. The summed E-state index contributed by atoms with van der Waals surface area (Å²) in [5.74, 6) is -3.61. The van der Waals surface area contributed by atoms with E-state index in [9.17, 15) is 19.2 Å². The molecule has 0 unspecified atom stereocenters. The lowest BCUT2D eigenvalue weighted by atomic mass is 9.88. The number of imide groups is 2. The molecule has 0 aliphatic carbocycles. The summed E-state index contributed by atoms with van der Waals surface area (Å²) in [6.45, 7) is 0. The minimum Gasteiger partial charge on any atom is -0.272 e. The lowest BCUT2D eigenvalue weighted by molar-refractivity contribution is -0.191. The van der Waals surface area contributed by atoms with Gasteiger partial charge in [0.1, 0.15) is 0 Å². The summed E-state index contributed by atoms with van der Waals surface area (Å²) in [6.07, 6.45) is -0.250. The summed E-state index contributed by atoms with van der Waals surface area (Å²) in [5.41, 5.74) is 1.33. The number of carbonyl (C=O) groups excluding carboxylic acids is 4. The molecule has 6 heteroatoms. The number of hydrogen-bond donors (Lipinski definition) is 0. The Kier molecular flexibility index (Phi) is 3.88. The highest BCUT2D eigenvalue weighted by molar-refractivity contribution is 6.14. The van der Waals surface area contributed by atoms with Crippen LogP contribution in [0.15, 0.2) is 60.7 Å². The highest BCUT2D eigenvalue weighted by atomic mass is 16.2. The third kappa shape index (κ3) is 2.50. The fourth-order valence-electron chi connectivity index (χ4n) is 3.55. The van der Waals surface area contributed by atoms with Crippen LogP contribution in [0.2, 0.25) is 0 Å². The summed E-state index contributed by atoms with van der Waals surface area (Å²) >= 11 is 0. The molecule has 2 aromatic carbocycles. The molecule has 26 heavy (non-hydrogen) atoms. The molecule has 2 heterocycles. The van der Waals surface area contributed by atoms with E-state index >= 15 is 0 Å². The van der Waals surface area contributed by atoms with Gasteiger partial charge in [-0.25, -0.2) is 0 Å². The molecular formula is C20H16N2O4. The largest absolute Gasteiger partial charge is 0.272 e. The molecular weight excluding hydrogens is 332 g/mol. The Balaban J connectivity index is 1.68.